The quantitative estimate of drug-likeness (QED) is 0.474. The van der Waals surface area contributed by atoms with E-state index in [-0.39, 0.29) is 20.8 Å². The van der Waals surface area contributed by atoms with Gasteiger partial charge in [-0.05, 0) is 28.1 Å². The number of nitrogen functional groups attached to an aromatic ring is 1. The Labute approximate surface area is 118 Å². The number of aromatic nitrogens is 1. The van der Waals surface area contributed by atoms with Gasteiger partial charge in [0.15, 0.2) is 5.82 Å². The fraction of sp³-hybridized carbons (Fsp3) is 0.308. The molecule has 1 aromatic carbocycles. The minimum absolute atomic E-state index is 0.0268. The summed E-state index contributed by atoms with van der Waals surface area (Å²) >= 11 is 2.98. The molecular weight excluding hydrogens is 316 g/mol. The zero-order valence-electron chi connectivity index (χ0n) is 10.8. The summed E-state index contributed by atoms with van der Waals surface area (Å²) in [5, 5.41) is 0.0439. The molecule has 0 saturated heterocycles. The first-order valence-electron chi connectivity index (χ1n) is 5.71. The van der Waals surface area contributed by atoms with Crippen LogP contribution >= 0.6 is 15.9 Å². The van der Waals surface area contributed by atoms with Crippen molar-refractivity contribution in [2.75, 3.05) is 5.43 Å². The molecule has 3 nitrogen and oxygen atoms in total. The van der Waals surface area contributed by atoms with Crippen LogP contribution < -0.4 is 11.3 Å². The van der Waals surface area contributed by atoms with Gasteiger partial charge in [0, 0.05) is 11.1 Å². The molecule has 102 valence electrons. The zero-order chi connectivity index (χ0) is 14.4. The highest BCUT2D eigenvalue weighted by Crippen LogP contribution is 2.34. The lowest BCUT2D eigenvalue weighted by molar-refractivity contribution is 0.567. The molecule has 1 heterocycles. The standard InChI is InChI=1S/C13H14BrF2N3/c1-13(2,3)9-5-8(19-17)10-11(16)6(14)4-7(15)12(10)18-9/h4-5H,17H2,1-3H3,(H,18,19). The number of pyridine rings is 1. The van der Waals surface area contributed by atoms with E-state index in [1.807, 2.05) is 20.8 Å². The Morgan fingerprint density at radius 2 is 1.89 bits per heavy atom. The minimum Gasteiger partial charge on any atom is -0.323 e. The fourth-order valence-corrected chi connectivity index (χ4v) is 2.20. The van der Waals surface area contributed by atoms with Crippen LogP contribution in [0.3, 0.4) is 0 Å². The van der Waals surface area contributed by atoms with Gasteiger partial charge in [0.1, 0.15) is 11.3 Å². The van der Waals surface area contributed by atoms with Crippen LogP contribution in [0.15, 0.2) is 16.6 Å². The molecule has 0 bridgehead atoms. The molecule has 2 aromatic rings. The SMILES string of the molecule is CC(C)(C)c1cc(NN)c2c(F)c(Br)cc(F)c2n1. The van der Waals surface area contributed by atoms with E-state index in [9.17, 15) is 8.78 Å². The van der Waals surface area contributed by atoms with Crippen molar-refractivity contribution in [1.82, 2.24) is 4.98 Å². The monoisotopic (exact) mass is 329 g/mol. The van der Waals surface area contributed by atoms with Crippen LogP contribution in [0.25, 0.3) is 10.9 Å². The first kappa shape index (κ1) is 14.1. The molecule has 3 N–H and O–H groups in total. The minimum atomic E-state index is -0.592. The molecule has 0 fully saturated rings. The highest BCUT2D eigenvalue weighted by molar-refractivity contribution is 9.10. The van der Waals surface area contributed by atoms with E-state index >= 15 is 0 Å². The third-order valence-electron chi connectivity index (χ3n) is 2.85. The molecule has 0 saturated carbocycles. The maximum atomic E-state index is 14.1. The molecule has 1 aromatic heterocycles. The Kier molecular flexibility index (Phi) is 3.49. The lowest BCUT2D eigenvalue weighted by Gasteiger charge is -2.20. The van der Waals surface area contributed by atoms with Crippen LogP contribution in [-0.2, 0) is 5.41 Å². The van der Waals surface area contributed by atoms with Crippen molar-refractivity contribution in [3.63, 3.8) is 0 Å². The molecule has 0 spiro atoms. The second-order valence-electron chi connectivity index (χ2n) is 5.33. The summed E-state index contributed by atoms with van der Waals surface area (Å²) in [5.74, 6) is 4.24. The molecule has 0 aliphatic carbocycles. The van der Waals surface area contributed by atoms with E-state index in [0.29, 0.717) is 11.4 Å². The van der Waals surface area contributed by atoms with Gasteiger partial charge >= 0.3 is 0 Å². The number of benzene rings is 1. The summed E-state index contributed by atoms with van der Waals surface area (Å²) in [6, 6.07) is 2.70. The van der Waals surface area contributed by atoms with E-state index in [2.05, 4.69) is 26.3 Å². The molecule has 0 aliphatic rings. The summed E-state index contributed by atoms with van der Waals surface area (Å²) in [4.78, 5) is 4.23. The zero-order valence-corrected chi connectivity index (χ0v) is 12.4. The average Bonchev–Trinajstić information content (AvgIpc) is 2.33. The normalized spacial score (nSPS) is 11.9. The van der Waals surface area contributed by atoms with Gasteiger partial charge in [-0.3, -0.25) is 5.84 Å². The molecule has 2 rings (SSSR count). The van der Waals surface area contributed by atoms with Crippen LogP contribution in [0.4, 0.5) is 14.5 Å². The number of hydrazine groups is 1. The smallest absolute Gasteiger partial charge is 0.150 e. The Morgan fingerprint density at radius 1 is 1.26 bits per heavy atom. The highest BCUT2D eigenvalue weighted by atomic mass is 79.9. The molecule has 0 atom stereocenters. The summed E-state index contributed by atoms with van der Waals surface area (Å²) in [6.07, 6.45) is 0. The molecule has 0 unspecified atom stereocenters. The van der Waals surface area contributed by atoms with Crippen LogP contribution in [-0.4, -0.2) is 4.98 Å². The number of anilines is 1. The predicted octanol–water partition coefficient (Wildman–Crippen LogP) is 3.86. The lowest BCUT2D eigenvalue weighted by atomic mass is 9.90. The Bertz CT molecular complexity index is 651. The van der Waals surface area contributed by atoms with Crippen LogP contribution in [0.5, 0.6) is 0 Å². The van der Waals surface area contributed by atoms with Gasteiger partial charge in [-0.25, -0.2) is 13.8 Å². The maximum Gasteiger partial charge on any atom is 0.150 e. The molecular formula is C13H14BrF2N3. The molecule has 6 heteroatoms. The van der Waals surface area contributed by atoms with E-state index in [1.54, 1.807) is 6.07 Å². The second-order valence-corrected chi connectivity index (χ2v) is 6.18. The lowest BCUT2D eigenvalue weighted by Crippen LogP contribution is -2.16. The fourth-order valence-electron chi connectivity index (χ4n) is 1.80. The molecule has 0 amide bonds. The van der Waals surface area contributed by atoms with Crippen molar-refractivity contribution < 1.29 is 8.78 Å². The molecule has 0 aliphatic heterocycles. The number of hydrogen-bond acceptors (Lipinski definition) is 3. The van der Waals surface area contributed by atoms with Gasteiger partial charge in [0.25, 0.3) is 0 Å². The number of halogens is 3. The Morgan fingerprint density at radius 3 is 2.42 bits per heavy atom. The predicted molar refractivity (Wildman–Crippen MR) is 75.9 cm³/mol. The third kappa shape index (κ3) is 2.42. The van der Waals surface area contributed by atoms with Gasteiger partial charge in [0.2, 0.25) is 0 Å². The first-order valence-corrected chi connectivity index (χ1v) is 6.50. The van der Waals surface area contributed by atoms with Crippen molar-refractivity contribution in [2.24, 2.45) is 5.84 Å². The largest absolute Gasteiger partial charge is 0.323 e. The highest BCUT2D eigenvalue weighted by Gasteiger charge is 2.22. The van der Waals surface area contributed by atoms with E-state index in [0.717, 1.165) is 6.07 Å². The summed E-state index contributed by atoms with van der Waals surface area (Å²) in [7, 11) is 0. The van der Waals surface area contributed by atoms with Gasteiger partial charge in [-0.15, -0.1) is 0 Å². The summed E-state index contributed by atoms with van der Waals surface area (Å²) in [5.41, 5.74) is 3.03. The van der Waals surface area contributed by atoms with Crippen LogP contribution in [0.2, 0.25) is 0 Å². The number of hydrogen-bond donors (Lipinski definition) is 2. The van der Waals surface area contributed by atoms with Gasteiger partial charge in [-0.2, -0.15) is 0 Å². The first-order chi connectivity index (χ1) is 8.75. The number of nitrogens with two attached hydrogens (primary N) is 1. The van der Waals surface area contributed by atoms with E-state index in [4.69, 9.17) is 5.84 Å². The van der Waals surface area contributed by atoms with Crippen LogP contribution in [0, 0.1) is 11.6 Å². The van der Waals surface area contributed by atoms with Crippen LogP contribution in [0.1, 0.15) is 26.5 Å². The number of rotatable bonds is 1. The average molecular weight is 330 g/mol. The van der Waals surface area contributed by atoms with Gasteiger partial charge in [0.05, 0.1) is 15.5 Å². The summed E-state index contributed by atoms with van der Waals surface area (Å²) < 4.78 is 28.1. The topological polar surface area (TPSA) is 50.9 Å². The summed E-state index contributed by atoms with van der Waals surface area (Å²) in [6.45, 7) is 5.82. The number of fused-ring (bicyclic) bond motifs is 1. The van der Waals surface area contributed by atoms with Crippen molar-refractivity contribution in [3.05, 3.63) is 33.9 Å². The molecule has 0 radical (unpaired) electrons. The van der Waals surface area contributed by atoms with E-state index in [1.165, 1.54) is 0 Å². The Balaban J connectivity index is 2.93. The second kappa shape index (κ2) is 4.68. The Hall–Kier alpha value is -1.27. The molecule has 19 heavy (non-hydrogen) atoms. The van der Waals surface area contributed by atoms with Crippen molar-refractivity contribution in [3.8, 4) is 0 Å². The van der Waals surface area contributed by atoms with Gasteiger partial charge < -0.3 is 5.43 Å². The van der Waals surface area contributed by atoms with Crippen molar-refractivity contribution >= 4 is 32.5 Å². The third-order valence-corrected chi connectivity index (χ3v) is 3.43. The van der Waals surface area contributed by atoms with Crippen molar-refractivity contribution in [2.45, 2.75) is 26.2 Å². The number of nitrogens with zero attached hydrogens (tertiary/aromatic N) is 1. The number of nitrogens with one attached hydrogen (secondary N) is 1. The van der Waals surface area contributed by atoms with Gasteiger partial charge in [-0.1, -0.05) is 20.8 Å². The maximum absolute atomic E-state index is 14.1. The van der Waals surface area contributed by atoms with E-state index < -0.39 is 11.6 Å². The van der Waals surface area contributed by atoms with Crippen molar-refractivity contribution in [1.29, 1.82) is 0 Å².